The SMILES string of the molecule is Cc1nc(-c2cccs2)ccc1C(=O)OCC(=O)N(C1CCCC1)C1CCS(=O)(=O)C1. The number of amides is 1. The van der Waals surface area contributed by atoms with Crippen LogP contribution in [0.3, 0.4) is 0 Å². The maximum atomic E-state index is 13.0. The molecular formula is C22H26N2O5S2. The van der Waals surface area contributed by atoms with Crippen molar-refractivity contribution in [3.8, 4) is 10.6 Å². The summed E-state index contributed by atoms with van der Waals surface area (Å²) in [6, 6.07) is 7.04. The molecule has 7 nitrogen and oxygen atoms in total. The van der Waals surface area contributed by atoms with Crippen molar-refractivity contribution in [3.63, 3.8) is 0 Å². The van der Waals surface area contributed by atoms with Gasteiger partial charge in [-0.2, -0.15) is 0 Å². The molecule has 2 aliphatic rings. The number of ether oxygens (including phenoxy) is 1. The molecule has 1 saturated carbocycles. The Balaban J connectivity index is 1.43. The van der Waals surface area contributed by atoms with Gasteiger partial charge in [-0.05, 0) is 49.8 Å². The highest BCUT2D eigenvalue weighted by molar-refractivity contribution is 7.91. The zero-order valence-corrected chi connectivity index (χ0v) is 19.1. The number of carbonyl (C=O) groups excluding carboxylic acids is 2. The number of nitrogens with zero attached hydrogens (tertiary/aromatic N) is 2. The van der Waals surface area contributed by atoms with Crippen LogP contribution in [-0.4, -0.2) is 60.4 Å². The van der Waals surface area contributed by atoms with Gasteiger partial charge in [-0.15, -0.1) is 11.3 Å². The molecule has 9 heteroatoms. The third kappa shape index (κ3) is 4.98. The first-order valence-electron chi connectivity index (χ1n) is 10.5. The molecule has 1 amide bonds. The normalized spacial score (nSPS) is 20.6. The predicted octanol–water partition coefficient (Wildman–Crippen LogP) is 3.23. The molecule has 1 atom stereocenters. The minimum absolute atomic E-state index is 0.00357. The van der Waals surface area contributed by atoms with Crippen molar-refractivity contribution in [2.45, 2.75) is 51.1 Å². The van der Waals surface area contributed by atoms with Crippen molar-refractivity contribution in [3.05, 3.63) is 40.9 Å². The van der Waals surface area contributed by atoms with Crippen LogP contribution in [0.1, 0.15) is 48.2 Å². The molecule has 2 aromatic heterocycles. The summed E-state index contributed by atoms with van der Waals surface area (Å²) < 4.78 is 29.2. The predicted molar refractivity (Wildman–Crippen MR) is 119 cm³/mol. The van der Waals surface area contributed by atoms with E-state index in [0.717, 1.165) is 36.3 Å². The number of thiophene rings is 1. The Bertz CT molecular complexity index is 1060. The second-order valence-corrected chi connectivity index (χ2v) is 11.4. The van der Waals surface area contributed by atoms with E-state index in [1.807, 2.05) is 17.5 Å². The molecule has 0 aromatic carbocycles. The average molecular weight is 463 g/mol. The molecule has 1 unspecified atom stereocenters. The lowest BCUT2D eigenvalue weighted by atomic mass is 10.1. The van der Waals surface area contributed by atoms with Gasteiger partial charge in [0.25, 0.3) is 5.91 Å². The van der Waals surface area contributed by atoms with Gasteiger partial charge in [-0.3, -0.25) is 9.78 Å². The number of pyridine rings is 1. The summed E-state index contributed by atoms with van der Waals surface area (Å²) in [4.78, 5) is 32.8. The van der Waals surface area contributed by atoms with Crippen LogP contribution in [0.2, 0.25) is 0 Å². The molecule has 1 aliphatic heterocycles. The van der Waals surface area contributed by atoms with Gasteiger partial charge >= 0.3 is 5.97 Å². The van der Waals surface area contributed by atoms with Crippen molar-refractivity contribution in [1.82, 2.24) is 9.88 Å². The summed E-state index contributed by atoms with van der Waals surface area (Å²) in [5.74, 6) is -0.809. The first kappa shape index (κ1) is 22.0. The van der Waals surface area contributed by atoms with E-state index in [4.69, 9.17) is 4.74 Å². The van der Waals surface area contributed by atoms with E-state index in [1.54, 1.807) is 35.3 Å². The van der Waals surface area contributed by atoms with Gasteiger partial charge in [0.05, 0.1) is 33.3 Å². The fourth-order valence-corrected chi connectivity index (χ4v) is 6.91. The largest absolute Gasteiger partial charge is 0.452 e. The number of hydrogen-bond acceptors (Lipinski definition) is 7. The minimum Gasteiger partial charge on any atom is -0.452 e. The van der Waals surface area contributed by atoms with Crippen LogP contribution in [0.4, 0.5) is 0 Å². The van der Waals surface area contributed by atoms with Gasteiger partial charge in [0.2, 0.25) is 0 Å². The monoisotopic (exact) mass is 462 g/mol. The van der Waals surface area contributed by atoms with Crippen molar-refractivity contribution < 1.29 is 22.7 Å². The van der Waals surface area contributed by atoms with Crippen LogP contribution in [0, 0.1) is 6.92 Å². The van der Waals surface area contributed by atoms with Crippen LogP contribution in [0.5, 0.6) is 0 Å². The smallest absolute Gasteiger partial charge is 0.340 e. The zero-order chi connectivity index (χ0) is 22.0. The first-order chi connectivity index (χ1) is 14.8. The Morgan fingerprint density at radius 3 is 2.55 bits per heavy atom. The molecule has 2 fully saturated rings. The Labute approximate surface area is 186 Å². The van der Waals surface area contributed by atoms with Gasteiger partial charge in [0.1, 0.15) is 0 Å². The van der Waals surface area contributed by atoms with Crippen LogP contribution < -0.4 is 0 Å². The van der Waals surface area contributed by atoms with Crippen molar-refractivity contribution >= 4 is 33.1 Å². The second kappa shape index (κ2) is 9.08. The van der Waals surface area contributed by atoms with E-state index in [0.29, 0.717) is 17.7 Å². The molecule has 4 rings (SSSR count). The molecular weight excluding hydrogens is 436 g/mol. The van der Waals surface area contributed by atoms with Crippen LogP contribution >= 0.6 is 11.3 Å². The maximum absolute atomic E-state index is 13.0. The zero-order valence-electron chi connectivity index (χ0n) is 17.5. The lowest BCUT2D eigenvalue weighted by Gasteiger charge is -2.33. The van der Waals surface area contributed by atoms with Crippen LogP contribution in [0.25, 0.3) is 10.6 Å². The number of hydrogen-bond donors (Lipinski definition) is 0. The van der Waals surface area contributed by atoms with Crippen molar-refractivity contribution in [1.29, 1.82) is 0 Å². The van der Waals surface area contributed by atoms with Crippen LogP contribution in [-0.2, 0) is 19.4 Å². The third-order valence-corrected chi connectivity index (χ3v) is 8.66. The molecule has 0 radical (unpaired) electrons. The molecule has 2 aromatic rings. The standard InChI is InChI=1S/C22H26N2O5S2/c1-15-18(8-9-19(23-15)20-7-4-11-30-20)22(26)29-13-21(25)24(16-5-2-3-6-16)17-10-12-31(27,28)14-17/h4,7-9,11,16-17H,2-3,5-6,10,12-14H2,1H3. The number of carbonyl (C=O) groups is 2. The highest BCUT2D eigenvalue weighted by Gasteiger charge is 2.39. The molecule has 3 heterocycles. The van der Waals surface area contributed by atoms with E-state index in [1.165, 1.54) is 0 Å². The first-order valence-corrected chi connectivity index (χ1v) is 13.2. The quantitative estimate of drug-likeness (QED) is 0.612. The molecule has 0 bridgehead atoms. The molecule has 31 heavy (non-hydrogen) atoms. The van der Waals surface area contributed by atoms with Crippen LogP contribution in [0.15, 0.2) is 29.6 Å². The van der Waals surface area contributed by atoms with E-state index >= 15 is 0 Å². The fraction of sp³-hybridized carbons (Fsp3) is 0.500. The lowest BCUT2D eigenvalue weighted by Crippen LogP contribution is -2.48. The average Bonchev–Trinajstić information content (AvgIpc) is 3.49. The summed E-state index contributed by atoms with van der Waals surface area (Å²) in [6.45, 7) is 1.35. The highest BCUT2D eigenvalue weighted by Crippen LogP contribution is 2.29. The summed E-state index contributed by atoms with van der Waals surface area (Å²) in [7, 11) is -3.12. The van der Waals surface area contributed by atoms with Gasteiger partial charge in [-0.1, -0.05) is 18.9 Å². The van der Waals surface area contributed by atoms with E-state index in [9.17, 15) is 18.0 Å². The Morgan fingerprint density at radius 1 is 1.16 bits per heavy atom. The van der Waals surface area contributed by atoms with Gasteiger partial charge in [0, 0.05) is 12.1 Å². The third-order valence-electron chi connectivity index (χ3n) is 6.01. The molecule has 0 N–H and O–H groups in total. The van der Waals surface area contributed by atoms with Crippen molar-refractivity contribution in [2.24, 2.45) is 0 Å². The Morgan fingerprint density at radius 2 is 1.94 bits per heavy atom. The topological polar surface area (TPSA) is 93.6 Å². The molecule has 1 saturated heterocycles. The second-order valence-electron chi connectivity index (χ2n) is 8.18. The minimum atomic E-state index is -3.12. The van der Waals surface area contributed by atoms with Crippen molar-refractivity contribution in [2.75, 3.05) is 18.1 Å². The van der Waals surface area contributed by atoms with Gasteiger partial charge in [0.15, 0.2) is 16.4 Å². The number of sulfone groups is 1. The van der Waals surface area contributed by atoms with E-state index in [-0.39, 0.29) is 29.5 Å². The molecule has 166 valence electrons. The van der Waals surface area contributed by atoms with E-state index < -0.39 is 22.4 Å². The number of esters is 1. The summed E-state index contributed by atoms with van der Waals surface area (Å²) in [6.07, 6.45) is 4.23. The maximum Gasteiger partial charge on any atom is 0.340 e. The molecule has 1 aliphatic carbocycles. The number of aryl methyl sites for hydroxylation is 1. The Hall–Kier alpha value is -2.26. The Kier molecular flexibility index (Phi) is 6.43. The van der Waals surface area contributed by atoms with Gasteiger partial charge in [-0.25, -0.2) is 13.2 Å². The lowest BCUT2D eigenvalue weighted by molar-refractivity contribution is -0.139. The molecule has 0 spiro atoms. The number of rotatable bonds is 6. The summed E-state index contributed by atoms with van der Waals surface area (Å²) in [5, 5.41) is 1.96. The fourth-order valence-electron chi connectivity index (χ4n) is 4.50. The summed E-state index contributed by atoms with van der Waals surface area (Å²) in [5.41, 5.74) is 1.65. The van der Waals surface area contributed by atoms with E-state index in [2.05, 4.69) is 4.98 Å². The highest BCUT2D eigenvalue weighted by atomic mass is 32.2. The van der Waals surface area contributed by atoms with Gasteiger partial charge < -0.3 is 9.64 Å². The number of aromatic nitrogens is 1. The summed E-state index contributed by atoms with van der Waals surface area (Å²) >= 11 is 1.57.